The van der Waals surface area contributed by atoms with Crippen molar-refractivity contribution in [3.63, 3.8) is 0 Å². The largest absolute Gasteiger partial charge is 0.393 e. The van der Waals surface area contributed by atoms with Crippen molar-refractivity contribution in [2.24, 2.45) is 0 Å². The van der Waals surface area contributed by atoms with Crippen LogP contribution < -0.4 is 0 Å². The highest BCUT2D eigenvalue weighted by molar-refractivity contribution is 5.38. The third kappa shape index (κ3) is 2.99. The SMILES string of the molecule is CCC(O)Cc1ncc(C)cc1[N+](=O)[O-]. The molecule has 0 aliphatic carbocycles. The third-order valence-electron chi connectivity index (χ3n) is 2.18. The molecule has 0 saturated carbocycles. The van der Waals surface area contributed by atoms with Crippen LogP contribution in [0.1, 0.15) is 24.6 Å². The Hall–Kier alpha value is -1.49. The summed E-state index contributed by atoms with van der Waals surface area (Å²) in [4.78, 5) is 14.3. The molecule has 0 amide bonds. The van der Waals surface area contributed by atoms with E-state index in [0.29, 0.717) is 12.1 Å². The fraction of sp³-hybridized carbons (Fsp3) is 0.500. The Morgan fingerprint density at radius 3 is 2.87 bits per heavy atom. The van der Waals surface area contributed by atoms with Gasteiger partial charge in [-0.15, -0.1) is 0 Å². The number of pyridine rings is 1. The molecule has 0 spiro atoms. The predicted molar refractivity (Wildman–Crippen MR) is 55.6 cm³/mol. The van der Waals surface area contributed by atoms with E-state index in [0.717, 1.165) is 5.56 Å². The summed E-state index contributed by atoms with van der Waals surface area (Å²) >= 11 is 0. The molecule has 15 heavy (non-hydrogen) atoms. The molecule has 0 saturated heterocycles. The van der Waals surface area contributed by atoms with Crippen LogP contribution in [0.3, 0.4) is 0 Å². The van der Waals surface area contributed by atoms with Crippen LogP contribution in [-0.4, -0.2) is 21.1 Å². The molecule has 0 radical (unpaired) electrons. The number of aryl methyl sites for hydroxylation is 1. The van der Waals surface area contributed by atoms with Crippen molar-refractivity contribution in [3.05, 3.63) is 33.6 Å². The molecule has 1 aromatic heterocycles. The van der Waals surface area contributed by atoms with Gasteiger partial charge in [0, 0.05) is 18.7 Å². The summed E-state index contributed by atoms with van der Waals surface area (Å²) < 4.78 is 0. The van der Waals surface area contributed by atoms with Crippen LogP contribution in [0, 0.1) is 17.0 Å². The number of aliphatic hydroxyl groups excluding tert-OH is 1. The Balaban J connectivity index is 3.01. The van der Waals surface area contributed by atoms with Crippen molar-refractivity contribution in [2.75, 3.05) is 0 Å². The van der Waals surface area contributed by atoms with Crippen molar-refractivity contribution >= 4 is 5.69 Å². The Kier molecular flexibility index (Phi) is 3.74. The van der Waals surface area contributed by atoms with E-state index in [4.69, 9.17) is 0 Å². The van der Waals surface area contributed by atoms with Gasteiger partial charge < -0.3 is 5.11 Å². The maximum absolute atomic E-state index is 10.7. The van der Waals surface area contributed by atoms with E-state index in [9.17, 15) is 15.2 Å². The first-order valence-electron chi connectivity index (χ1n) is 4.82. The summed E-state index contributed by atoms with van der Waals surface area (Å²) in [5, 5.41) is 20.2. The lowest BCUT2D eigenvalue weighted by atomic mass is 10.1. The Morgan fingerprint density at radius 2 is 2.33 bits per heavy atom. The van der Waals surface area contributed by atoms with Crippen molar-refractivity contribution in [1.82, 2.24) is 4.98 Å². The average Bonchev–Trinajstić information content (AvgIpc) is 2.20. The van der Waals surface area contributed by atoms with E-state index in [1.807, 2.05) is 6.92 Å². The summed E-state index contributed by atoms with van der Waals surface area (Å²) in [6.45, 7) is 3.57. The molecule has 1 aromatic rings. The molecule has 0 aromatic carbocycles. The number of hydrogen-bond acceptors (Lipinski definition) is 4. The monoisotopic (exact) mass is 210 g/mol. The zero-order chi connectivity index (χ0) is 11.4. The first kappa shape index (κ1) is 11.6. The third-order valence-corrected chi connectivity index (χ3v) is 2.18. The molecule has 0 fully saturated rings. The van der Waals surface area contributed by atoms with Crippen molar-refractivity contribution in [3.8, 4) is 0 Å². The van der Waals surface area contributed by atoms with Gasteiger partial charge in [0.25, 0.3) is 5.69 Å². The normalized spacial score (nSPS) is 12.5. The molecule has 82 valence electrons. The van der Waals surface area contributed by atoms with Gasteiger partial charge >= 0.3 is 0 Å². The lowest BCUT2D eigenvalue weighted by molar-refractivity contribution is -0.386. The standard InChI is InChI=1S/C10H14N2O3/c1-3-8(13)5-9-10(12(14)15)4-7(2)6-11-9/h4,6,8,13H,3,5H2,1-2H3. The van der Waals surface area contributed by atoms with Crippen LogP contribution in [0.2, 0.25) is 0 Å². The summed E-state index contributed by atoms with van der Waals surface area (Å²) in [6, 6.07) is 1.48. The molecule has 1 unspecified atom stereocenters. The number of rotatable bonds is 4. The van der Waals surface area contributed by atoms with Gasteiger partial charge in [0.1, 0.15) is 5.69 Å². The van der Waals surface area contributed by atoms with Crippen LogP contribution in [0.5, 0.6) is 0 Å². The average molecular weight is 210 g/mol. The van der Waals surface area contributed by atoms with Crippen molar-refractivity contribution in [2.45, 2.75) is 32.8 Å². The first-order valence-corrected chi connectivity index (χ1v) is 4.82. The highest BCUT2D eigenvalue weighted by Gasteiger charge is 2.17. The molecule has 1 rings (SSSR count). The minimum Gasteiger partial charge on any atom is -0.393 e. The number of nitro groups is 1. The zero-order valence-electron chi connectivity index (χ0n) is 8.80. The van der Waals surface area contributed by atoms with Gasteiger partial charge in [0.15, 0.2) is 0 Å². The molecular weight excluding hydrogens is 196 g/mol. The minimum absolute atomic E-state index is 0.0116. The summed E-state index contributed by atoms with van der Waals surface area (Å²) in [5.74, 6) is 0. The Bertz CT molecular complexity index is 366. The molecule has 5 nitrogen and oxygen atoms in total. The van der Waals surface area contributed by atoms with Crippen molar-refractivity contribution < 1.29 is 10.0 Å². The molecule has 1 atom stereocenters. The highest BCUT2D eigenvalue weighted by Crippen LogP contribution is 2.19. The van der Waals surface area contributed by atoms with Crippen LogP contribution in [0.15, 0.2) is 12.3 Å². The van der Waals surface area contributed by atoms with E-state index in [2.05, 4.69) is 4.98 Å². The molecule has 0 aliphatic rings. The van der Waals surface area contributed by atoms with Crippen LogP contribution in [0.4, 0.5) is 5.69 Å². The van der Waals surface area contributed by atoms with Gasteiger partial charge in [0.2, 0.25) is 0 Å². The zero-order valence-corrected chi connectivity index (χ0v) is 8.80. The van der Waals surface area contributed by atoms with Gasteiger partial charge in [-0.05, 0) is 18.9 Å². The minimum atomic E-state index is -0.570. The molecule has 0 bridgehead atoms. The maximum Gasteiger partial charge on any atom is 0.291 e. The molecule has 1 N–H and O–H groups in total. The predicted octanol–water partition coefficient (Wildman–Crippen LogP) is 1.61. The van der Waals surface area contributed by atoms with Gasteiger partial charge in [-0.1, -0.05) is 6.92 Å². The maximum atomic E-state index is 10.7. The lowest BCUT2D eigenvalue weighted by Gasteiger charge is -2.07. The quantitative estimate of drug-likeness (QED) is 0.605. The van der Waals surface area contributed by atoms with Gasteiger partial charge in [-0.25, -0.2) is 0 Å². The van der Waals surface area contributed by atoms with Crippen LogP contribution in [0.25, 0.3) is 0 Å². The van der Waals surface area contributed by atoms with Crippen LogP contribution in [-0.2, 0) is 6.42 Å². The smallest absolute Gasteiger partial charge is 0.291 e. The van der Waals surface area contributed by atoms with E-state index in [1.165, 1.54) is 6.07 Å². The summed E-state index contributed by atoms with van der Waals surface area (Å²) in [5.41, 5.74) is 1.08. The Labute approximate surface area is 87.9 Å². The van der Waals surface area contributed by atoms with E-state index >= 15 is 0 Å². The first-order chi connectivity index (χ1) is 7.04. The topological polar surface area (TPSA) is 76.3 Å². The molecular formula is C10H14N2O3. The van der Waals surface area contributed by atoms with Crippen molar-refractivity contribution in [1.29, 1.82) is 0 Å². The van der Waals surface area contributed by atoms with Gasteiger partial charge in [-0.3, -0.25) is 15.1 Å². The number of hydrogen-bond donors (Lipinski definition) is 1. The molecule has 1 heterocycles. The van der Waals surface area contributed by atoms with E-state index < -0.39 is 11.0 Å². The van der Waals surface area contributed by atoms with Gasteiger partial charge in [0.05, 0.1) is 11.0 Å². The van der Waals surface area contributed by atoms with Gasteiger partial charge in [-0.2, -0.15) is 0 Å². The summed E-state index contributed by atoms with van der Waals surface area (Å²) in [7, 11) is 0. The second kappa shape index (κ2) is 4.84. The Morgan fingerprint density at radius 1 is 1.67 bits per heavy atom. The fourth-order valence-corrected chi connectivity index (χ4v) is 1.26. The van der Waals surface area contributed by atoms with E-state index in [-0.39, 0.29) is 12.1 Å². The lowest BCUT2D eigenvalue weighted by Crippen LogP contribution is -2.11. The fourth-order valence-electron chi connectivity index (χ4n) is 1.26. The molecule has 0 aliphatic heterocycles. The van der Waals surface area contributed by atoms with E-state index in [1.54, 1.807) is 13.1 Å². The molecule has 5 heteroatoms. The number of aromatic nitrogens is 1. The second-order valence-electron chi connectivity index (χ2n) is 3.50. The summed E-state index contributed by atoms with van der Waals surface area (Å²) in [6.07, 6.45) is 1.80. The number of aliphatic hydroxyl groups is 1. The number of nitrogens with zero attached hydrogens (tertiary/aromatic N) is 2. The van der Waals surface area contributed by atoms with Crippen LogP contribution >= 0.6 is 0 Å². The second-order valence-corrected chi connectivity index (χ2v) is 3.50. The highest BCUT2D eigenvalue weighted by atomic mass is 16.6.